The number of unbranched alkanes of at least 4 members (excludes halogenated alkanes) is 1. The highest BCUT2D eigenvalue weighted by atomic mass is 15.0. The van der Waals surface area contributed by atoms with Gasteiger partial charge in [-0.2, -0.15) is 0 Å². The van der Waals surface area contributed by atoms with Crippen LogP contribution in [0.4, 0.5) is 5.82 Å². The number of rotatable bonds is 8. The number of pyridine rings is 1. The van der Waals surface area contributed by atoms with Gasteiger partial charge in [0.1, 0.15) is 5.82 Å². The zero-order valence-electron chi connectivity index (χ0n) is 12.3. The maximum atomic E-state index is 4.47. The molecule has 0 aliphatic rings. The van der Waals surface area contributed by atoms with Gasteiger partial charge < -0.3 is 5.32 Å². The fourth-order valence-corrected chi connectivity index (χ4v) is 2.31. The van der Waals surface area contributed by atoms with Crippen molar-refractivity contribution >= 4 is 5.82 Å². The molecule has 1 heterocycles. The Morgan fingerprint density at radius 1 is 0.950 bits per heavy atom. The Labute approximate surface area is 122 Å². The van der Waals surface area contributed by atoms with Crippen molar-refractivity contribution in [2.24, 2.45) is 0 Å². The molecule has 0 radical (unpaired) electrons. The van der Waals surface area contributed by atoms with Crippen LogP contribution in [-0.4, -0.2) is 11.5 Å². The third-order valence-electron chi connectivity index (χ3n) is 3.47. The monoisotopic (exact) mass is 268 g/mol. The summed E-state index contributed by atoms with van der Waals surface area (Å²) in [4.78, 5) is 4.47. The number of aryl methyl sites for hydroxylation is 2. The molecule has 0 atom stereocenters. The average molecular weight is 268 g/mol. The predicted molar refractivity (Wildman–Crippen MR) is 86.1 cm³/mol. The molecular weight excluding hydrogens is 244 g/mol. The van der Waals surface area contributed by atoms with E-state index in [1.165, 1.54) is 24.0 Å². The van der Waals surface area contributed by atoms with Gasteiger partial charge in [0.15, 0.2) is 0 Å². The summed E-state index contributed by atoms with van der Waals surface area (Å²) in [5.41, 5.74) is 2.75. The van der Waals surface area contributed by atoms with E-state index in [0.29, 0.717) is 0 Å². The van der Waals surface area contributed by atoms with Crippen molar-refractivity contribution < 1.29 is 0 Å². The maximum Gasteiger partial charge on any atom is 0.129 e. The number of nitrogens with one attached hydrogen (secondary N) is 1. The Bertz CT molecular complexity index is 494. The number of benzene rings is 1. The van der Waals surface area contributed by atoms with Crippen LogP contribution in [0.3, 0.4) is 0 Å². The van der Waals surface area contributed by atoms with Crippen LogP contribution in [0.15, 0.2) is 48.7 Å². The standard InChI is InChI=1S/C18H24N2/c1-2-3-14-19-18-17(13-8-15-20-18)12-7-11-16-9-5-4-6-10-16/h4-6,8-10,13,15H,2-3,7,11-12,14H2,1H3,(H,19,20). The summed E-state index contributed by atoms with van der Waals surface area (Å²) in [7, 11) is 0. The van der Waals surface area contributed by atoms with Gasteiger partial charge in [0.05, 0.1) is 0 Å². The molecule has 1 N–H and O–H groups in total. The van der Waals surface area contributed by atoms with Gasteiger partial charge in [0, 0.05) is 12.7 Å². The normalized spacial score (nSPS) is 10.4. The van der Waals surface area contributed by atoms with E-state index in [4.69, 9.17) is 0 Å². The van der Waals surface area contributed by atoms with Crippen LogP contribution in [0.2, 0.25) is 0 Å². The number of hydrogen-bond donors (Lipinski definition) is 1. The highest BCUT2D eigenvalue weighted by Crippen LogP contribution is 2.15. The van der Waals surface area contributed by atoms with Gasteiger partial charge in [-0.3, -0.25) is 0 Å². The zero-order valence-corrected chi connectivity index (χ0v) is 12.3. The fourth-order valence-electron chi connectivity index (χ4n) is 2.31. The Hall–Kier alpha value is -1.83. The highest BCUT2D eigenvalue weighted by molar-refractivity contribution is 5.43. The van der Waals surface area contributed by atoms with Crippen LogP contribution in [-0.2, 0) is 12.8 Å². The SMILES string of the molecule is CCCCNc1ncccc1CCCc1ccccc1. The number of aromatic nitrogens is 1. The topological polar surface area (TPSA) is 24.9 Å². The minimum Gasteiger partial charge on any atom is -0.370 e. The molecule has 0 bridgehead atoms. The second kappa shape index (κ2) is 8.36. The van der Waals surface area contributed by atoms with Gasteiger partial charge in [0.25, 0.3) is 0 Å². The molecule has 1 aromatic carbocycles. The average Bonchev–Trinajstić information content (AvgIpc) is 2.50. The number of anilines is 1. The molecule has 2 rings (SSSR count). The molecule has 20 heavy (non-hydrogen) atoms. The van der Waals surface area contributed by atoms with E-state index >= 15 is 0 Å². The molecule has 2 heteroatoms. The molecule has 0 amide bonds. The molecule has 0 saturated carbocycles. The lowest BCUT2D eigenvalue weighted by Gasteiger charge is -2.10. The van der Waals surface area contributed by atoms with Crippen molar-refractivity contribution in [1.82, 2.24) is 4.98 Å². The van der Waals surface area contributed by atoms with E-state index in [2.05, 4.69) is 53.6 Å². The third kappa shape index (κ3) is 4.69. The van der Waals surface area contributed by atoms with Crippen LogP contribution >= 0.6 is 0 Å². The predicted octanol–water partition coefficient (Wildman–Crippen LogP) is 4.47. The summed E-state index contributed by atoms with van der Waals surface area (Å²) in [6.07, 6.45) is 7.65. The lowest BCUT2D eigenvalue weighted by molar-refractivity contribution is 0.806. The van der Waals surface area contributed by atoms with E-state index in [0.717, 1.165) is 31.6 Å². The minimum atomic E-state index is 1.01. The summed E-state index contributed by atoms with van der Waals surface area (Å²) >= 11 is 0. The summed E-state index contributed by atoms with van der Waals surface area (Å²) < 4.78 is 0. The van der Waals surface area contributed by atoms with Crippen LogP contribution in [0.5, 0.6) is 0 Å². The zero-order chi connectivity index (χ0) is 14.0. The molecule has 0 unspecified atom stereocenters. The van der Waals surface area contributed by atoms with E-state index in [1.807, 2.05) is 12.3 Å². The van der Waals surface area contributed by atoms with Crippen molar-refractivity contribution in [3.63, 3.8) is 0 Å². The summed E-state index contributed by atoms with van der Waals surface area (Å²) in [5.74, 6) is 1.06. The Balaban J connectivity index is 1.85. The number of nitrogens with zero attached hydrogens (tertiary/aromatic N) is 1. The Morgan fingerprint density at radius 3 is 2.60 bits per heavy atom. The molecule has 2 nitrogen and oxygen atoms in total. The van der Waals surface area contributed by atoms with E-state index in [-0.39, 0.29) is 0 Å². The summed E-state index contributed by atoms with van der Waals surface area (Å²) in [5, 5.41) is 3.45. The van der Waals surface area contributed by atoms with Gasteiger partial charge in [-0.05, 0) is 42.9 Å². The quantitative estimate of drug-likeness (QED) is 0.715. The first kappa shape index (κ1) is 14.6. The number of hydrogen-bond acceptors (Lipinski definition) is 2. The first-order chi connectivity index (χ1) is 9.90. The van der Waals surface area contributed by atoms with Crippen molar-refractivity contribution in [1.29, 1.82) is 0 Å². The molecule has 0 fully saturated rings. The molecule has 1 aromatic heterocycles. The van der Waals surface area contributed by atoms with E-state index < -0.39 is 0 Å². The first-order valence-electron chi connectivity index (χ1n) is 7.62. The first-order valence-corrected chi connectivity index (χ1v) is 7.62. The van der Waals surface area contributed by atoms with Crippen molar-refractivity contribution in [2.75, 3.05) is 11.9 Å². The molecular formula is C18H24N2. The van der Waals surface area contributed by atoms with Gasteiger partial charge >= 0.3 is 0 Å². The van der Waals surface area contributed by atoms with Gasteiger partial charge in [-0.15, -0.1) is 0 Å². The Kier molecular flexibility index (Phi) is 6.09. The molecule has 2 aromatic rings. The van der Waals surface area contributed by atoms with Crippen LogP contribution in [0.1, 0.15) is 37.3 Å². The van der Waals surface area contributed by atoms with Crippen molar-refractivity contribution in [3.8, 4) is 0 Å². The molecule has 0 aliphatic heterocycles. The second-order valence-corrected chi connectivity index (χ2v) is 5.13. The van der Waals surface area contributed by atoms with Crippen molar-refractivity contribution in [3.05, 3.63) is 59.8 Å². The van der Waals surface area contributed by atoms with Crippen LogP contribution in [0, 0.1) is 0 Å². The molecule has 0 aliphatic carbocycles. The van der Waals surface area contributed by atoms with Crippen LogP contribution in [0.25, 0.3) is 0 Å². The lowest BCUT2D eigenvalue weighted by atomic mass is 10.0. The maximum absolute atomic E-state index is 4.47. The summed E-state index contributed by atoms with van der Waals surface area (Å²) in [6, 6.07) is 14.9. The summed E-state index contributed by atoms with van der Waals surface area (Å²) in [6.45, 7) is 3.22. The Morgan fingerprint density at radius 2 is 1.80 bits per heavy atom. The second-order valence-electron chi connectivity index (χ2n) is 5.13. The third-order valence-corrected chi connectivity index (χ3v) is 3.47. The smallest absolute Gasteiger partial charge is 0.129 e. The van der Waals surface area contributed by atoms with Gasteiger partial charge in [-0.1, -0.05) is 49.7 Å². The van der Waals surface area contributed by atoms with Crippen molar-refractivity contribution in [2.45, 2.75) is 39.0 Å². The van der Waals surface area contributed by atoms with Crippen LogP contribution < -0.4 is 5.32 Å². The highest BCUT2D eigenvalue weighted by Gasteiger charge is 2.02. The molecule has 0 saturated heterocycles. The fraction of sp³-hybridized carbons (Fsp3) is 0.389. The van der Waals surface area contributed by atoms with Gasteiger partial charge in [0.2, 0.25) is 0 Å². The largest absolute Gasteiger partial charge is 0.370 e. The minimum absolute atomic E-state index is 1.01. The molecule has 106 valence electrons. The molecule has 0 spiro atoms. The van der Waals surface area contributed by atoms with Gasteiger partial charge in [-0.25, -0.2) is 4.98 Å². The van der Waals surface area contributed by atoms with E-state index in [1.54, 1.807) is 0 Å². The van der Waals surface area contributed by atoms with E-state index in [9.17, 15) is 0 Å². The lowest BCUT2D eigenvalue weighted by Crippen LogP contribution is -2.06.